The molecule has 2 aliphatic carbocycles. The van der Waals surface area contributed by atoms with Crippen LogP contribution in [0.4, 0.5) is 0 Å². The largest absolute Gasteiger partial charge is 0.336 e. The number of H-pyrrole nitrogens is 1. The number of carbonyl (C=O) groups is 1. The molecule has 1 N–H and O–H groups in total. The van der Waals surface area contributed by atoms with E-state index in [-0.39, 0.29) is 11.5 Å². The summed E-state index contributed by atoms with van der Waals surface area (Å²) in [5.41, 5.74) is 5.22. The van der Waals surface area contributed by atoms with Crippen molar-refractivity contribution in [2.75, 3.05) is 26.2 Å². The number of amides is 1. The Morgan fingerprint density at radius 2 is 1.75 bits per heavy atom. The van der Waals surface area contributed by atoms with Gasteiger partial charge in [0.2, 0.25) is 0 Å². The predicted molar refractivity (Wildman–Crippen MR) is 109 cm³/mol. The van der Waals surface area contributed by atoms with Gasteiger partial charge in [0.15, 0.2) is 0 Å². The second kappa shape index (κ2) is 7.21. The maximum absolute atomic E-state index is 13.0. The fourth-order valence-electron chi connectivity index (χ4n) is 5.12. The summed E-state index contributed by atoms with van der Waals surface area (Å²) in [7, 11) is 0. The molecule has 1 fully saturated rings. The molecule has 5 rings (SSSR count). The molecule has 1 aromatic carbocycles. The molecule has 0 radical (unpaired) electrons. The maximum atomic E-state index is 13.0. The summed E-state index contributed by atoms with van der Waals surface area (Å²) >= 11 is 0. The van der Waals surface area contributed by atoms with Crippen LogP contribution >= 0.6 is 0 Å². The predicted octanol–water partition coefficient (Wildman–Crippen LogP) is 2.18. The van der Waals surface area contributed by atoms with E-state index in [4.69, 9.17) is 0 Å². The van der Waals surface area contributed by atoms with E-state index in [1.54, 1.807) is 0 Å². The van der Waals surface area contributed by atoms with Gasteiger partial charge in [0.05, 0.1) is 0 Å². The number of piperazine rings is 1. The second-order valence-corrected chi connectivity index (χ2v) is 8.36. The zero-order chi connectivity index (χ0) is 19.1. The molecule has 5 heteroatoms. The fraction of sp³-hybridized carbons (Fsp3) is 0.478. The monoisotopic (exact) mass is 377 g/mol. The lowest BCUT2D eigenvalue weighted by molar-refractivity contribution is 0.0551. The van der Waals surface area contributed by atoms with Crippen LogP contribution in [0, 0.1) is 0 Å². The molecule has 1 aliphatic heterocycles. The SMILES string of the molecule is O=C(c1cc2c([nH]c1=O)CCC2)N1CCN(C2CCc3ccccc3C2)CC1. The highest BCUT2D eigenvalue weighted by Gasteiger charge is 2.30. The molecule has 0 spiro atoms. The third-order valence-electron chi connectivity index (χ3n) is 6.76. The summed E-state index contributed by atoms with van der Waals surface area (Å²) in [6, 6.07) is 11.2. The molecule has 3 aliphatic rings. The van der Waals surface area contributed by atoms with Crippen LogP contribution in [0.25, 0.3) is 0 Å². The number of carbonyl (C=O) groups excluding carboxylic acids is 1. The van der Waals surface area contributed by atoms with Crippen LogP contribution in [0.2, 0.25) is 0 Å². The molecule has 1 aromatic heterocycles. The summed E-state index contributed by atoms with van der Waals surface area (Å²) in [5.74, 6) is -0.107. The maximum Gasteiger partial charge on any atom is 0.261 e. The van der Waals surface area contributed by atoms with Gasteiger partial charge < -0.3 is 9.88 Å². The van der Waals surface area contributed by atoms with Gasteiger partial charge in [-0.3, -0.25) is 14.5 Å². The number of rotatable bonds is 2. The van der Waals surface area contributed by atoms with Crippen molar-refractivity contribution < 1.29 is 4.79 Å². The van der Waals surface area contributed by atoms with E-state index < -0.39 is 0 Å². The Morgan fingerprint density at radius 1 is 0.964 bits per heavy atom. The van der Waals surface area contributed by atoms with Gasteiger partial charge in [0, 0.05) is 37.9 Å². The van der Waals surface area contributed by atoms with E-state index in [9.17, 15) is 9.59 Å². The lowest BCUT2D eigenvalue weighted by Crippen LogP contribution is -2.53. The van der Waals surface area contributed by atoms with E-state index in [0.29, 0.717) is 24.7 Å². The van der Waals surface area contributed by atoms with Gasteiger partial charge in [-0.2, -0.15) is 0 Å². The Kier molecular flexibility index (Phi) is 4.55. The third-order valence-corrected chi connectivity index (χ3v) is 6.76. The van der Waals surface area contributed by atoms with Crippen molar-refractivity contribution in [1.29, 1.82) is 0 Å². The van der Waals surface area contributed by atoms with Crippen molar-refractivity contribution in [2.24, 2.45) is 0 Å². The van der Waals surface area contributed by atoms with Gasteiger partial charge in [-0.15, -0.1) is 0 Å². The quantitative estimate of drug-likeness (QED) is 0.873. The Labute approximate surface area is 165 Å². The molecule has 1 saturated heterocycles. The van der Waals surface area contributed by atoms with Crippen LogP contribution in [0.1, 0.15) is 45.6 Å². The van der Waals surface area contributed by atoms with Crippen molar-refractivity contribution in [3.05, 3.63) is 68.6 Å². The fourth-order valence-corrected chi connectivity index (χ4v) is 5.12. The molecule has 0 bridgehead atoms. The highest BCUT2D eigenvalue weighted by atomic mass is 16.2. The summed E-state index contributed by atoms with van der Waals surface area (Å²) in [5, 5.41) is 0. The van der Waals surface area contributed by atoms with E-state index in [0.717, 1.165) is 56.5 Å². The number of hydrogen-bond acceptors (Lipinski definition) is 3. The molecule has 1 unspecified atom stereocenters. The average molecular weight is 377 g/mol. The number of aromatic amines is 1. The highest BCUT2D eigenvalue weighted by Crippen LogP contribution is 2.25. The molecular formula is C23H27N3O2. The summed E-state index contributed by atoms with van der Waals surface area (Å²) in [6.45, 7) is 3.18. The molecule has 1 atom stereocenters. The number of hydrogen-bond donors (Lipinski definition) is 1. The first-order valence-corrected chi connectivity index (χ1v) is 10.5. The lowest BCUT2D eigenvalue weighted by Gasteiger charge is -2.41. The smallest absolute Gasteiger partial charge is 0.261 e. The van der Waals surface area contributed by atoms with E-state index in [1.165, 1.54) is 17.5 Å². The molecule has 28 heavy (non-hydrogen) atoms. The zero-order valence-corrected chi connectivity index (χ0v) is 16.2. The second-order valence-electron chi connectivity index (χ2n) is 8.36. The standard InChI is InChI=1S/C23H27N3O2/c27-22-20(15-18-6-3-7-21(18)24-22)23(28)26-12-10-25(11-13-26)19-9-8-16-4-1-2-5-17(16)14-19/h1-2,4-5,15,19H,3,6-14H2,(H,24,27). The molecule has 0 saturated carbocycles. The molecular weight excluding hydrogens is 350 g/mol. The average Bonchev–Trinajstić information content (AvgIpc) is 3.19. The molecule has 2 aromatic rings. The van der Waals surface area contributed by atoms with Crippen molar-refractivity contribution in [2.45, 2.75) is 44.6 Å². The van der Waals surface area contributed by atoms with Gasteiger partial charge in [0.25, 0.3) is 11.5 Å². The first-order chi connectivity index (χ1) is 13.7. The molecule has 5 nitrogen and oxygen atoms in total. The number of benzene rings is 1. The Morgan fingerprint density at radius 3 is 2.57 bits per heavy atom. The number of aryl methyl sites for hydroxylation is 3. The number of nitrogens with one attached hydrogen (secondary N) is 1. The van der Waals surface area contributed by atoms with Crippen LogP contribution in [-0.2, 0) is 25.7 Å². The summed E-state index contributed by atoms with van der Waals surface area (Å²) in [4.78, 5) is 32.7. The Balaban J connectivity index is 1.24. The number of pyridine rings is 1. The Hall–Kier alpha value is -2.40. The minimum atomic E-state index is -0.225. The van der Waals surface area contributed by atoms with Gasteiger partial charge in [-0.05, 0) is 61.3 Å². The first-order valence-electron chi connectivity index (χ1n) is 10.5. The number of aromatic nitrogens is 1. The van der Waals surface area contributed by atoms with Crippen molar-refractivity contribution in [3.8, 4) is 0 Å². The summed E-state index contributed by atoms with van der Waals surface area (Å²) in [6.07, 6.45) is 6.38. The van der Waals surface area contributed by atoms with Crippen molar-refractivity contribution in [3.63, 3.8) is 0 Å². The zero-order valence-electron chi connectivity index (χ0n) is 16.2. The van der Waals surface area contributed by atoms with E-state index >= 15 is 0 Å². The van der Waals surface area contributed by atoms with Gasteiger partial charge >= 0.3 is 0 Å². The minimum absolute atomic E-state index is 0.107. The number of nitrogens with zero attached hydrogens (tertiary/aromatic N) is 2. The van der Waals surface area contributed by atoms with E-state index in [2.05, 4.69) is 34.1 Å². The molecule has 146 valence electrons. The van der Waals surface area contributed by atoms with E-state index in [1.807, 2.05) is 11.0 Å². The van der Waals surface area contributed by atoms with Gasteiger partial charge in [-0.1, -0.05) is 24.3 Å². The van der Waals surface area contributed by atoms with Gasteiger partial charge in [-0.25, -0.2) is 0 Å². The number of fused-ring (bicyclic) bond motifs is 2. The first kappa shape index (κ1) is 17.7. The topological polar surface area (TPSA) is 56.4 Å². The lowest BCUT2D eigenvalue weighted by atomic mass is 9.87. The van der Waals surface area contributed by atoms with Crippen molar-refractivity contribution >= 4 is 5.91 Å². The summed E-state index contributed by atoms with van der Waals surface area (Å²) < 4.78 is 0. The molecule has 1 amide bonds. The van der Waals surface area contributed by atoms with Crippen LogP contribution in [0.5, 0.6) is 0 Å². The molecule has 2 heterocycles. The van der Waals surface area contributed by atoms with Crippen molar-refractivity contribution in [1.82, 2.24) is 14.8 Å². The Bertz CT molecular complexity index is 957. The minimum Gasteiger partial charge on any atom is -0.336 e. The normalized spacial score (nSPS) is 22.0. The highest BCUT2D eigenvalue weighted by molar-refractivity contribution is 5.94. The third kappa shape index (κ3) is 3.18. The van der Waals surface area contributed by atoms with Crippen LogP contribution in [0.3, 0.4) is 0 Å². The van der Waals surface area contributed by atoms with Crippen LogP contribution in [-0.4, -0.2) is 52.9 Å². The van der Waals surface area contributed by atoms with Crippen LogP contribution < -0.4 is 5.56 Å². The van der Waals surface area contributed by atoms with Gasteiger partial charge in [0.1, 0.15) is 5.56 Å². The van der Waals surface area contributed by atoms with Crippen LogP contribution in [0.15, 0.2) is 35.1 Å².